The van der Waals surface area contributed by atoms with Crippen molar-refractivity contribution in [1.29, 1.82) is 0 Å². The molecule has 0 aromatic rings. The third-order valence-corrected chi connectivity index (χ3v) is 18.7. The highest BCUT2D eigenvalue weighted by molar-refractivity contribution is 6.26. The lowest BCUT2D eigenvalue weighted by molar-refractivity contribution is -0.152. The first kappa shape index (κ1) is 43.6. The van der Waals surface area contributed by atoms with Gasteiger partial charge in [0.15, 0.2) is 0 Å². The standard InChI is InChI=1S/C51H63N3O10/c1-21-8-9-51(64,20-52-45(58)36-14-30-22(2)23(3)31(30)15-37(36)46(52)59)44(57)12-28(53-47(60)38-16-32-24(4)25(5)33(32)17-39(38)48(53)61)11-43(56)42(13-29(55)10-21)54-49(62)40-18-34-26(6)27(7)35(34)19-41(40)50(54)63/h14-19,21-35,42-44,55-57,64H,8-13,20H2,1-7H3. The topological polar surface area (TPSA) is 193 Å². The van der Waals surface area contributed by atoms with Crippen LogP contribution < -0.4 is 0 Å². The summed E-state index contributed by atoms with van der Waals surface area (Å²) in [6, 6.07) is -2.55. The highest BCUT2D eigenvalue weighted by atomic mass is 16.3. The number of aliphatic hydroxyl groups excluding tert-OH is 3. The van der Waals surface area contributed by atoms with E-state index in [-0.39, 0.29) is 101 Å². The molecule has 0 aromatic carbocycles. The van der Waals surface area contributed by atoms with Crippen molar-refractivity contribution in [3.05, 3.63) is 69.9 Å². The molecule has 10 rings (SSSR count). The Kier molecular flexibility index (Phi) is 10.3. The van der Waals surface area contributed by atoms with Crippen molar-refractivity contribution >= 4 is 35.4 Å². The summed E-state index contributed by atoms with van der Waals surface area (Å²) in [5.74, 6) is -1.40. The number of fused-ring (bicyclic) bond motifs is 6. The van der Waals surface area contributed by atoms with Gasteiger partial charge in [-0.05, 0) is 115 Å². The number of amides is 6. The Balaban J connectivity index is 1.00. The van der Waals surface area contributed by atoms with Crippen LogP contribution in [0.1, 0.15) is 87.0 Å². The van der Waals surface area contributed by atoms with Crippen molar-refractivity contribution in [1.82, 2.24) is 14.7 Å². The number of likely N-dealkylation sites (tertiary alicyclic amines) is 3. The van der Waals surface area contributed by atoms with Crippen LogP contribution in [0.4, 0.5) is 0 Å². The van der Waals surface area contributed by atoms with Crippen molar-refractivity contribution in [2.75, 3.05) is 6.54 Å². The van der Waals surface area contributed by atoms with Crippen LogP contribution in [0.25, 0.3) is 0 Å². The van der Waals surface area contributed by atoms with Gasteiger partial charge in [0, 0.05) is 39.5 Å². The summed E-state index contributed by atoms with van der Waals surface area (Å²) in [7, 11) is 0. The Morgan fingerprint density at radius 1 is 0.500 bits per heavy atom. The number of aliphatic hydroxyl groups is 4. The molecule has 0 bridgehead atoms. The van der Waals surface area contributed by atoms with Gasteiger partial charge in [-0.2, -0.15) is 0 Å². The van der Waals surface area contributed by atoms with Gasteiger partial charge in [0.1, 0.15) is 5.60 Å². The predicted octanol–water partition coefficient (Wildman–Crippen LogP) is 3.79. The average Bonchev–Trinajstić information content (AvgIpc) is 3.77. The number of hydrogen-bond donors (Lipinski definition) is 4. The van der Waals surface area contributed by atoms with Crippen LogP contribution in [0.3, 0.4) is 0 Å². The van der Waals surface area contributed by atoms with E-state index in [1.807, 2.05) is 43.4 Å². The van der Waals surface area contributed by atoms with Crippen molar-refractivity contribution < 1.29 is 49.2 Å². The second-order valence-corrected chi connectivity index (χ2v) is 21.9. The first-order chi connectivity index (χ1) is 30.2. The highest BCUT2D eigenvalue weighted by Crippen LogP contribution is 2.55. The number of rotatable bonds is 4. The molecule has 6 amide bonds. The van der Waals surface area contributed by atoms with Gasteiger partial charge < -0.3 is 20.4 Å². The van der Waals surface area contributed by atoms with E-state index < -0.39 is 90.8 Å². The van der Waals surface area contributed by atoms with Crippen LogP contribution in [0.2, 0.25) is 0 Å². The number of β-amino-alcohol motifs (C(OH)–C–C–N with tert-alkyl or cyclic N) is 1. The molecule has 64 heavy (non-hydrogen) atoms. The molecule has 0 radical (unpaired) electrons. The van der Waals surface area contributed by atoms with Gasteiger partial charge in [0.05, 0.1) is 30.9 Å². The summed E-state index contributed by atoms with van der Waals surface area (Å²) < 4.78 is 0. The van der Waals surface area contributed by atoms with Gasteiger partial charge >= 0.3 is 0 Å². The normalized spacial score (nSPS) is 46.5. The second-order valence-electron chi connectivity index (χ2n) is 21.9. The van der Waals surface area contributed by atoms with Crippen LogP contribution in [0, 0.1) is 76.9 Å². The first-order valence-corrected chi connectivity index (χ1v) is 23.9. The molecule has 0 aromatic heterocycles. The zero-order valence-corrected chi connectivity index (χ0v) is 37.9. The molecular weight excluding hydrogens is 815 g/mol. The van der Waals surface area contributed by atoms with Crippen molar-refractivity contribution in [3.8, 4) is 0 Å². The zero-order valence-electron chi connectivity index (χ0n) is 37.9. The van der Waals surface area contributed by atoms with E-state index in [0.717, 1.165) is 14.7 Å². The third-order valence-electron chi connectivity index (χ3n) is 18.7. The molecule has 4 N–H and O–H groups in total. The minimum atomic E-state index is -2.14. The van der Waals surface area contributed by atoms with E-state index in [4.69, 9.17) is 0 Å². The van der Waals surface area contributed by atoms with Crippen LogP contribution in [-0.4, -0.2) is 113 Å². The summed E-state index contributed by atoms with van der Waals surface area (Å²) in [5.41, 5.74) is -0.511. The number of carbonyl (C=O) groups excluding carboxylic acids is 6. The first-order valence-electron chi connectivity index (χ1n) is 23.9. The van der Waals surface area contributed by atoms with Gasteiger partial charge in [-0.3, -0.25) is 43.5 Å². The molecule has 19 atom stereocenters. The van der Waals surface area contributed by atoms with Crippen LogP contribution in [0.15, 0.2) is 69.9 Å². The van der Waals surface area contributed by atoms with E-state index in [1.165, 1.54) is 0 Å². The molecule has 13 nitrogen and oxygen atoms in total. The fourth-order valence-corrected chi connectivity index (χ4v) is 13.8. The Bertz CT molecular complexity index is 2210. The van der Waals surface area contributed by atoms with Crippen molar-refractivity contribution in [3.63, 3.8) is 0 Å². The minimum absolute atomic E-state index is 0.0614. The zero-order chi connectivity index (χ0) is 45.7. The van der Waals surface area contributed by atoms with E-state index in [0.29, 0.717) is 34.8 Å². The molecule has 3 aliphatic heterocycles. The van der Waals surface area contributed by atoms with E-state index in [9.17, 15) is 49.2 Å². The SMILES string of the molecule is CC1CCC(O)(CN2C(=O)C3=CC4C(C)C(C)C4C=C3C2=O)C(O)CC(N2C(=O)C3=CC4C(C)C(C)C4C=C3C2=O)CC(O)C(N2C(=O)C3=CC4C(C)C(C)C4C=C3C2=O)CC(O)C1. The molecule has 10 aliphatic rings. The van der Waals surface area contributed by atoms with E-state index >= 15 is 0 Å². The summed E-state index contributed by atoms with van der Waals surface area (Å²) >= 11 is 0. The molecule has 19 unspecified atom stereocenters. The van der Waals surface area contributed by atoms with Crippen molar-refractivity contribution in [2.24, 2.45) is 76.9 Å². The summed E-state index contributed by atoms with van der Waals surface area (Å²) in [6.45, 7) is 14.0. The van der Waals surface area contributed by atoms with Crippen LogP contribution in [0.5, 0.6) is 0 Å². The molecule has 7 fully saturated rings. The Morgan fingerprint density at radius 2 is 0.859 bits per heavy atom. The molecular formula is C51H63N3O10. The van der Waals surface area contributed by atoms with Gasteiger partial charge in [-0.25, -0.2) is 0 Å². The Hall–Kier alpha value is -4.30. The number of imide groups is 3. The van der Waals surface area contributed by atoms with Crippen molar-refractivity contribution in [2.45, 2.75) is 123 Å². The smallest absolute Gasteiger partial charge is 0.261 e. The largest absolute Gasteiger partial charge is 0.393 e. The van der Waals surface area contributed by atoms with Crippen LogP contribution >= 0.6 is 0 Å². The summed E-state index contributed by atoms with van der Waals surface area (Å²) in [6.07, 6.45) is 5.94. The maximum absolute atomic E-state index is 14.5. The minimum Gasteiger partial charge on any atom is -0.393 e. The lowest BCUT2D eigenvalue weighted by Crippen LogP contribution is -2.56. The lowest BCUT2D eigenvalue weighted by atomic mass is 9.55. The highest BCUT2D eigenvalue weighted by Gasteiger charge is 2.57. The van der Waals surface area contributed by atoms with Crippen LogP contribution in [-0.2, 0) is 28.8 Å². The average molecular weight is 878 g/mol. The molecule has 7 aliphatic carbocycles. The lowest BCUT2D eigenvalue weighted by Gasteiger charge is -2.48. The number of carbonyl (C=O) groups is 6. The fraction of sp³-hybridized carbons (Fsp3) is 0.647. The second kappa shape index (κ2) is 15.1. The summed E-state index contributed by atoms with van der Waals surface area (Å²) in [5, 5.41) is 49.3. The van der Waals surface area contributed by atoms with Gasteiger partial charge in [-0.1, -0.05) is 84.9 Å². The quantitative estimate of drug-likeness (QED) is 0.302. The van der Waals surface area contributed by atoms with E-state index in [1.54, 1.807) is 0 Å². The Labute approximate surface area is 374 Å². The number of nitrogens with zero attached hydrogens (tertiary/aromatic N) is 3. The Morgan fingerprint density at radius 3 is 1.25 bits per heavy atom. The summed E-state index contributed by atoms with van der Waals surface area (Å²) in [4.78, 5) is 89.0. The predicted molar refractivity (Wildman–Crippen MR) is 232 cm³/mol. The molecule has 342 valence electrons. The van der Waals surface area contributed by atoms with Gasteiger partial charge in [0.25, 0.3) is 35.4 Å². The van der Waals surface area contributed by atoms with Gasteiger partial charge in [-0.15, -0.1) is 0 Å². The monoisotopic (exact) mass is 877 g/mol. The molecule has 4 saturated carbocycles. The fourth-order valence-electron chi connectivity index (χ4n) is 13.8. The molecule has 3 saturated heterocycles. The number of hydrogen-bond acceptors (Lipinski definition) is 10. The molecule has 3 heterocycles. The third kappa shape index (κ3) is 6.22. The maximum Gasteiger partial charge on any atom is 0.261 e. The van der Waals surface area contributed by atoms with E-state index in [2.05, 4.69) is 41.5 Å². The van der Waals surface area contributed by atoms with Gasteiger partial charge in [0.2, 0.25) is 0 Å². The molecule has 13 heteroatoms. The number of allylic oxidation sites excluding steroid dienone is 6. The maximum atomic E-state index is 14.5. The molecule has 0 spiro atoms.